The van der Waals surface area contributed by atoms with E-state index in [1.54, 1.807) is 36.4 Å². The number of rotatable bonds is 19. The second-order valence-corrected chi connectivity index (χ2v) is 15.8. The van der Waals surface area contributed by atoms with Gasteiger partial charge in [0.05, 0.1) is 40.5 Å². The van der Waals surface area contributed by atoms with Crippen molar-refractivity contribution in [2.75, 3.05) is 44.3 Å². The number of anilines is 2. The molecule has 3 aromatic rings. The quantitative estimate of drug-likeness (QED) is 0.0978. The van der Waals surface area contributed by atoms with Crippen LogP contribution in [-0.4, -0.2) is 73.4 Å². The van der Waals surface area contributed by atoms with E-state index in [9.17, 15) is 23.4 Å². The normalized spacial score (nSPS) is 15.9. The predicted molar refractivity (Wildman–Crippen MR) is 212 cm³/mol. The molecule has 0 saturated heterocycles. The zero-order valence-electron chi connectivity index (χ0n) is 31.9. The number of esters is 2. The lowest BCUT2D eigenvalue weighted by Crippen LogP contribution is -2.48. The predicted octanol–water partition coefficient (Wildman–Crippen LogP) is 6.88. The Morgan fingerprint density at radius 3 is 2.15 bits per heavy atom. The first-order chi connectivity index (χ1) is 26.1. The Balaban J connectivity index is 1.61. The van der Waals surface area contributed by atoms with E-state index in [0.29, 0.717) is 22.0 Å². The fraction of sp³-hybridized carbons (Fsp3) is 0.463. The van der Waals surface area contributed by atoms with Crippen LogP contribution < -0.4 is 20.3 Å². The minimum Gasteiger partial charge on any atom is -0.483 e. The van der Waals surface area contributed by atoms with Crippen molar-refractivity contribution in [3.63, 3.8) is 0 Å². The number of para-hydroxylation sites is 1. The smallest absolute Gasteiger partial charge is 0.328 e. The number of unbranched alkanes of at least 4 members (excludes halogenated alkanes) is 2. The zero-order chi connectivity index (χ0) is 39.1. The fourth-order valence-electron chi connectivity index (χ4n) is 6.69. The summed E-state index contributed by atoms with van der Waals surface area (Å²) >= 11 is 1.47. The summed E-state index contributed by atoms with van der Waals surface area (Å²) in [5, 5.41) is 5.36. The molecule has 1 aliphatic heterocycles. The summed E-state index contributed by atoms with van der Waals surface area (Å²) < 4.78 is 30.1. The molecule has 2 amide bonds. The van der Waals surface area contributed by atoms with E-state index in [0.717, 1.165) is 61.3 Å². The van der Waals surface area contributed by atoms with Crippen molar-refractivity contribution < 1.29 is 37.6 Å². The van der Waals surface area contributed by atoms with Gasteiger partial charge in [-0.1, -0.05) is 88.1 Å². The van der Waals surface area contributed by atoms with E-state index in [1.807, 2.05) is 30.5 Å². The van der Waals surface area contributed by atoms with Gasteiger partial charge in [0.2, 0.25) is 5.91 Å². The molecule has 0 spiro atoms. The van der Waals surface area contributed by atoms with Crippen LogP contribution in [0.15, 0.2) is 82.6 Å². The topological polar surface area (TPSA) is 140 Å². The number of benzene rings is 3. The zero-order valence-corrected chi connectivity index (χ0v) is 33.5. The third-order valence-electron chi connectivity index (χ3n) is 9.63. The van der Waals surface area contributed by atoms with Gasteiger partial charge < -0.3 is 29.7 Å². The van der Waals surface area contributed by atoms with Crippen molar-refractivity contribution in [3.8, 4) is 5.75 Å². The van der Waals surface area contributed by atoms with Gasteiger partial charge in [-0.25, -0.2) is 4.79 Å². The maximum absolute atomic E-state index is 14.4. The van der Waals surface area contributed by atoms with Gasteiger partial charge in [0, 0.05) is 29.8 Å². The Bertz CT molecular complexity index is 1730. The minimum atomic E-state index is -1.35. The minimum absolute atomic E-state index is 0.0547. The highest BCUT2D eigenvalue weighted by Gasteiger charge is 2.39. The van der Waals surface area contributed by atoms with Gasteiger partial charge in [0.1, 0.15) is 17.8 Å². The number of thioether (sulfide) groups is 1. The molecule has 1 aliphatic rings. The van der Waals surface area contributed by atoms with Gasteiger partial charge in [0.15, 0.2) is 6.61 Å². The van der Waals surface area contributed by atoms with Crippen LogP contribution in [0.25, 0.3) is 0 Å². The molecule has 3 atom stereocenters. The van der Waals surface area contributed by atoms with E-state index in [-0.39, 0.29) is 18.3 Å². The van der Waals surface area contributed by atoms with Crippen LogP contribution in [0.2, 0.25) is 0 Å². The van der Waals surface area contributed by atoms with Crippen LogP contribution in [0.5, 0.6) is 5.75 Å². The number of ether oxygens (including phenoxy) is 3. The number of hydrogen-bond donors (Lipinski definition) is 2. The molecular weight excluding hydrogens is 727 g/mol. The lowest BCUT2D eigenvalue weighted by molar-refractivity contribution is -0.146. The van der Waals surface area contributed by atoms with Crippen LogP contribution in [0.3, 0.4) is 0 Å². The Morgan fingerprint density at radius 2 is 1.56 bits per heavy atom. The molecule has 0 radical (unpaired) electrons. The van der Waals surface area contributed by atoms with E-state index >= 15 is 0 Å². The van der Waals surface area contributed by atoms with Gasteiger partial charge in [-0.2, -0.15) is 0 Å². The van der Waals surface area contributed by atoms with E-state index in [2.05, 4.69) is 46.3 Å². The molecule has 0 aromatic heterocycles. The molecular formula is C41H53N3O8S2. The van der Waals surface area contributed by atoms with Crippen molar-refractivity contribution in [1.82, 2.24) is 10.6 Å². The molecule has 4 rings (SSSR count). The first kappa shape index (κ1) is 42.4. The molecule has 0 fully saturated rings. The van der Waals surface area contributed by atoms with Crippen molar-refractivity contribution in [1.29, 1.82) is 0 Å². The molecule has 0 aliphatic carbocycles. The summed E-state index contributed by atoms with van der Waals surface area (Å²) in [6.45, 7) is 4.69. The molecule has 11 nitrogen and oxygen atoms in total. The molecule has 3 aromatic carbocycles. The number of fused-ring (bicyclic) bond motifs is 1. The first-order valence-electron chi connectivity index (χ1n) is 18.4. The summed E-state index contributed by atoms with van der Waals surface area (Å²) in [6, 6.07) is 20.3. The summed E-state index contributed by atoms with van der Waals surface area (Å²) in [4.78, 5) is 55.2. The fourth-order valence-corrected chi connectivity index (χ4v) is 8.97. The molecule has 2 N–H and O–H groups in total. The van der Waals surface area contributed by atoms with Crippen LogP contribution >= 0.6 is 11.8 Å². The van der Waals surface area contributed by atoms with Crippen molar-refractivity contribution in [2.24, 2.45) is 5.41 Å². The maximum atomic E-state index is 14.4. The van der Waals surface area contributed by atoms with Crippen LogP contribution in [0.1, 0.15) is 76.8 Å². The molecule has 0 saturated carbocycles. The molecule has 0 bridgehead atoms. The largest absolute Gasteiger partial charge is 0.483 e. The van der Waals surface area contributed by atoms with Gasteiger partial charge in [-0.15, -0.1) is 11.8 Å². The van der Waals surface area contributed by atoms with Gasteiger partial charge in [-0.05, 0) is 55.3 Å². The maximum Gasteiger partial charge on any atom is 0.328 e. The number of methoxy groups -OCH3 is 2. The summed E-state index contributed by atoms with van der Waals surface area (Å²) in [6.07, 6.45) is 7.93. The van der Waals surface area contributed by atoms with Gasteiger partial charge in [0.25, 0.3) is 5.91 Å². The summed E-state index contributed by atoms with van der Waals surface area (Å²) in [7, 11) is 1.07. The van der Waals surface area contributed by atoms with Crippen LogP contribution in [-0.2, 0) is 39.5 Å². The molecule has 1 unspecified atom stereocenters. The third kappa shape index (κ3) is 11.3. The van der Waals surface area contributed by atoms with Gasteiger partial charge in [-0.3, -0.25) is 18.6 Å². The Hall–Kier alpha value is -4.36. The average Bonchev–Trinajstić information content (AvgIpc) is 3.32. The van der Waals surface area contributed by atoms with E-state index in [4.69, 9.17) is 9.47 Å². The van der Waals surface area contributed by atoms with Crippen LogP contribution in [0.4, 0.5) is 11.4 Å². The van der Waals surface area contributed by atoms with Crippen molar-refractivity contribution >= 4 is 57.7 Å². The highest BCUT2D eigenvalue weighted by Crippen LogP contribution is 2.46. The van der Waals surface area contributed by atoms with Gasteiger partial charge >= 0.3 is 11.9 Å². The summed E-state index contributed by atoms with van der Waals surface area (Å²) in [5.74, 6) is -1.60. The number of carbonyl (C=O) groups excluding carboxylic acids is 4. The molecule has 54 heavy (non-hydrogen) atoms. The number of nitrogens with one attached hydrogen (secondary N) is 2. The first-order valence-corrected chi connectivity index (χ1v) is 21.0. The number of amides is 2. The monoisotopic (exact) mass is 779 g/mol. The third-order valence-corrected chi connectivity index (χ3v) is 12.1. The SMILES string of the molecule is CCCCC1(CCCC)CN(c2ccccc2)c2cc(SC)c(OCC(=O)N[C@@H](C(=O)N[C@H](CCC(=O)OC)C(=O)OC)c3ccccc3)cc2S(=O)C1. The Kier molecular flexibility index (Phi) is 16.4. The number of nitrogens with zero attached hydrogens (tertiary/aromatic N) is 1. The number of carbonyl (C=O) groups is 4. The second-order valence-electron chi connectivity index (χ2n) is 13.5. The van der Waals surface area contributed by atoms with Crippen molar-refractivity contribution in [3.05, 3.63) is 78.4 Å². The second kappa shape index (κ2) is 20.9. The van der Waals surface area contributed by atoms with Crippen LogP contribution in [0, 0.1) is 5.41 Å². The highest BCUT2D eigenvalue weighted by atomic mass is 32.2. The van der Waals surface area contributed by atoms with Crippen molar-refractivity contribution in [2.45, 2.75) is 87.1 Å². The Morgan fingerprint density at radius 1 is 0.907 bits per heavy atom. The molecule has 1 heterocycles. The molecule has 292 valence electrons. The average molecular weight is 780 g/mol. The highest BCUT2D eigenvalue weighted by molar-refractivity contribution is 7.98. The number of hydrogen-bond acceptors (Lipinski definition) is 10. The lowest BCUT2D eigenvalue weighted by atomic mass is 9.79. The standard InChI is InChI=1S/C41H53N3O8S2/c1-6-8-22-41(23-9-7-2)27-44(30-18-14-11-15-19-30)32-24-34(53-5)33(25-35(32)54(49)28-41)52-26-36(45)43-38(29-16-12-10-13-17-29)39(47)42-31(40(48)51-4)20-21-37(46)50-3/h10-19,24-25,31,38H,6-9,20-23,26-28H2,1-5H3,(H,42,47)(H,43,45)/t31-,38-,54?/m1/s1. The summed E-state index contributed by atoms with van der Waals surface area (Å²) in [5.41, 5.74) is 2.22. The van der Waals surface area contributed by atoms with E-state index < -0.39 is 53.2 Å². The molecule has 13 heteroatoms. The lowest BCUT2D eigenvalue weighted by Gasteiger charge is -2.37. The van der Waals surface area contributed by atoms with E-state index in [1.165, 1.54) is 26.0 Å². The Labute approximate surface area is 325 Å².